The summed E-state index contributed by atoms with van der Waals surface area (Å²) in [5.74, 6) is 0.425. The summed E-state index contributed by atoms with van der Waals surface area (Å²) in [5.41, 5.74) is 5.61. The Labute approximate surface area is 199 Å². The summed E-state index contributed by atoms with van der Waals surface area (Å²) in [6.45, 7) is 3.96. The minimum absolute atomic E-state index is 0.0895. The predicted molar refractivity (Wildman–Crippen MR) is 132 cm³/mol. The monoisotopic (exact) mass is 452 g/mol. The number of rotatable bonds is 5. The fourth-order valence-corrected chi connectivity index (χ4v) is 4.63. The summed E-state index contributed by atoms with van der Waals surface area (Å²) >= 11 is 0. The second-order valence-electron chi connectivity index (χ2n) is 8.97. The molecule has 34 heavy (non-hydrogen) atoms. The number of imidazole rings is 1. The number of carbonyl (C=O) groups excluding carboxylic acids is 2. The number of hydrogen-bond donors (Lipinski definition) is 1. The third kappa shape index (κ3) is 4.71. The van der Waals surface area contributed by atoms with E-state index in [2.05, 4.69) is 10.3 Å². The molecule has 0 radical (unpaired) electrons. The first kappa shape index (κ1) is 21.9. The molecule has 0 bridgehead atoms. The molecule has 1 fully saturated rings. The number of piperidine rings is 1. The summed E-state index contributed by atoms with van der Waals surface area (Å²) in [7, 11) is 0. The average Bonchev–Trinajstić information content (AvgIpc) is 3.35. The molecule has 6 nitrogen and oxygen atoms in total. The maximum absolute atomic E-state index is 12.8. The van der Waals surface area contributed by atoms with Crippen molar-refractivity contribution in [2.75, 3.05) is 13.1 Å². The summed E-state index contributed by atoms with van der Waals surface area (Å²) in [5, 5.41) is 2.99. The Morgan fingerprint density at radius 3 is 2.53 bits per heavy atom. The van der Waals surface area contributed by atoms with Crippen molar-refractivity contribution in [2.24, 2.45) is 0 Å². The van der Waals surface area contributed by atoms with Gasteiger partial charge in [0, 0.05) is 49.4 Å². The molecule has 0 unspecified atom stereocenters. The molecule has 0 saturated carbocycles. The van der Waals surface area contributed by atoms with Gasteiger partial charge in [0.25, 0.3) is 11.8 Å². The van der Waals surface area contributed by atoms with Gasteiger partial charge in [0.05, 0.1) is 0 Å². The summed E-state index contributed by atoms with van der Waals surface area (Å²) in [6.07, 6.45) is 7.45. The Morgan fingerprint density at radius 2 is 1.76 bits per heavy atom. The molecule has 2 aromatic carbocycles. The number of nitrogens with zero attached hydrogens (tertiary/aromatic N) is 3. The first-order valence-corrected chi connectivity index (χ1v) is 11.7. The number of fused-ring (bicyclic) bond motifs is 1. The van der Waals surface area contributed by atoms with Gasteiger partial charge in [-0.15, -0.1) is 0 Å². The number of hydrogen-bond acceptors (Lipinski definition) is 3. The normalized spacial score (nSPS) is 14.3. The highest BCUT2D eigenvalue weighted by Crippen LogP contribution is 2.29. The second kappa shape index (κ2) is 9.51. The van der Waals surface area contributed by atoms with Crippen molar-refractivity contribution in [2.45, 2.75) is 32.2 Å². The first-order valence-electron chi connectivity index (χ1n) is 11.7. The van der Waals surface area contributed by atoms with Gasteiger partial charge >= 0.3 is 0 Å². The Bertz CT molecular complexity index is 1320. The number of aryl methyl sites for hydroxylation is 1. The lowest BCUT2D eigenvalue weighted by Crippen LogP contribution is -2.37. The van der Waals surface area contributed by atoms with Gasteiger partial charge < -0.3 is 14.6 Å². The molecule has 1 N–H and O–H groups in total. The molecule has 2 aromatic heterocycles. The lowest BCUT2D eigenvalue weighted by molar-refractivity contribution is 0.0712. The van der Waals surface area contributed by atoms with Gasteiger partial charge in [-0.25, -0.2) is 4.98 Å². The van der Waals surface area contributed by atoms with Crippen molar-refractivity contribution in [3.63, 3.8) is 0 Å². The molecule has 172 valence electrons. The van der Waals surface area contributed by atoms with Crippen LogP contribution in [0.4, 0.5) is 0 Å². The molecule has 4 aromatic rings. The minimum Gasteiger partial charge on any atom is -0.348 e. The third-order valence-corrected chi connectivity index (χ3v) is 6.61. The van der Waals surface area contributed by atoms with E-state index in [0.717, 1.165) is 48.3 Å². The molecule has 1 aliphatic heterocycles. The van der Waals surface area contributed by atoms with Crippen LogP contribution in [0, 0.1) is 6.92 Å². The number of likely N-dealkylation sites (tertiary alicyclic amines) is 1. The quantitative estimate of drug-likeness (QED) is 0.482. The van der Waals surface area contributed by atoms with Crippen LogP contribution in [0.1, 0.15) is 56.2 Å². The zero-order valence-corrected chi connectivity index (χ0v) is 19.3. The first-order chi connectivity index (χ1) is 16.6. The maximum atomic E-state index is 12.8. The molecule has 2 amide bonds. The second-order valence-corrected chi connectivity index (χ2v) is 8.97. The molecule has 0 atom stereocenters. The summed E-state index contributed by atoms with van der Waals surface area (Å²) in [6, 6.07) is 19.6. The van der Waals surface area contributed by atoms with Crippen LogP contribution in [0.15, 0.2) is 79.3 Å². The van der Waals surface area contributed by atoms with E-state index in [1.807, 2.05) is 89.3 Å². The van der Waals surface area contributed by atoms with Crippen molar-refractivity contribution in [3.8, 4) is 0 Å². The molecule has 0 aliphatic carbocycles. The van der Waals surface area contributed by atoms with Gasteiger partial charge in [0.1, 0.15) is 5.65 Å². The highest BCUT2D eigenvalue weighted by Gasteiger charge is 2.24. The average molecular weight is 453 g/mol. The fraction of sp³-hybridized carbons (Fsp3) is 0.250. The van der Waals surface area contributed by atoms with Crippen LogP contribution < -0.4 is 5.32 Å². The van der Waals surface area contributed by atoms with Crippen LogP contribution >= 0.6 is 0 Å². The van der Waals surface area contributed by atoms with Gasteiger partial charge in [0.15, 0.2) is 0 Å². The van der Waals surface area contributed by atoms with Crippen LogP contribution in [0.3, 0.4) is 0 Å². The molecular formula is C28H28N4O2. The highest BCUT2D eigenvalue weighted by molar-refractivity contribution is 5.95. The number of carbonyl (C=O) groups is 2. The van der Waals surface area contributed by atoms with Gasteiger partial charge in [-0.1, -0.05) is 29.8 Å². The largest absolute Gasteiger partial charge is 0.348 e. The van der Waals surface area contributed by atoms with Crippen molar-refractivity contribution >= 4 is 17.5 Å². The van der Waals surface area contributed by atoms with E-state index in [4.69, 9.17) is 0 Å². The molecule has 6 heteroatoms. The minimum atomic E-state index is -0.0895. The van der Waals surface area contributed by atoms with Crippen molar-refractivity contribution in [3.05, 3.63) is 107 Å². The maximum Gasteiger partial charge on any atom is 0.253 e. The van der Waals surface area contributed by atoms with E-state index in [9.17, 15) is 9.59 Å². The number of benzene rings is 2. The number of pyridine rings is 1. The molecule has 0 spiro atoms. The van der Waals surface area contributed by atoms with E-state index < -0.39 is 0 Å². The standard InChI is InChI=1S/C28H28N4O2/c1-20-3-2-4-25(17-20)28(34)32-14-10-23(11-15-32)22-5-7-24(8-6-22)27(33)30-19-21-9-13-31-16-12-29-26(31)18-21/h2-9,12-13,16-18,23H,10-11,14-15,19H2,1H3,(H,30,33). The molecular weight excluding hydrogens is 424 g/mol. The van der Waals surface area contributed by atoms with Gasteiger partial charge in [-0.05, 0) is 73.2 Å². The number of nitrogens with one attached hydrogen (secondary N) is 1. The zero-order chi connectivity index (χ0) is 23.5. The lowest BCUT2D eigenvalue weighted by Gasteiger charge is -2.32. The Balaban J connectivity index is 1.15. The van der Waals surface area contributed by atoms with Crippen LogP contribution in [-0.2, 0) is 6.54 Å². The lowest BCUT2D eigenvalue weighted by atomic mass is 9.88. The SMILES string of the molecule is Cc1cccc(C(=O)N2CCC(c3ccc(C(=O)NCc4ccn5ccnc5c4)cc3)CC2)c1. The van der Waals surface area contributed by atoms with Crippen molar-refractivity contribution in [1.82, 2.24) is 19.6 Å². The predicted octanol–water partition coefficient (Wildman–Crippen LogP) is 4.59. The van der Waals surface area contributed by atoms with E-state index in [-0.39, 0.29) is 11.8 Å². The van der Waals surface area contributed by atoms with Crippen molar-refractivity contribution < 1.29 is 9.59 Å². The fourth-order valence-electron chi connectivity index (χ4n) is 4.63. The number of amides is 2. The van der Waals surface area contributed by atoms with Gasteiger partial charge in [0.2, 0.25) is 0 Å². The summed E-state index contributed by atoms with van der Waals surface area (Å²) in [4.78, 5) is 31.7. The third-order valence-electron chi connectivity index (χ3n) is 6.61. The molecule has 5 rings (SSSR count). The highest BCUT2D eigenvalue weighted by atomic mass is 16.2. The van der Waals surface area contributed by atoms with Gasteiger partial charge in [-0.2, -0.15) is 0 Å². The Morgan fingerprint density at radius 1 is 0.971 bits per heavy atom. The van der Waals surface area contributed by atoms with Crippen LogP contribution in [0.2, 0.25) is 0 Å². The van der Waals surface area contributed by atoms with Gasteiger partial charge in [-0.3, -0.25) is 9.59 Å². The van der Waals surface area contributed by atoms with E-state index in [1.165, 1.54) is 5.56 Å². The molecule has 1 aliphatic rings. The molecule has 1 saturated heterocycles. The van der Waals surface area contributed by atoms with Crippen LogP contribution in [-0.4, -0.2) is 39.2 Å². The Kier molecular flexibility index (Phi) is 6.12. The summed E-state index contributed by atoms with van der Waals surface area (Å²) < 4.78 is 1.94. The van der Waals surface area contributed by atoms with Crippen LogP contribution in [0.25, 0.3) is 5.65 Å². The topological polar surface area (TPSA) is 66.7 Å². The zero-order valence-electron chi connectivity index (χ0n) is 19.3. The Hall–Kier alpha value is -3.93. The van der Waals surface area contributed by atoms with Crippen molar-refractivity contribution in [1.29, 1.82) is 0 Å². The molecule has 3 heterocycles. The number of aromatic nitrogens is 2. The smallest absolute Gasteiger partial charge is 0.253 e. The van der Waals surface area contributed by atoms with E-state index in [0.29, 0.717) is 18.0 Å². The van der Waals surface area contributed by atoms with Crippen LogP contribution in [0.5, 0.6) is 0 Å². The van der Waals surface area contributed by atoms with E-state index >= 15 is 0 Å². The van der Waals surface area contributed by atoms with E-state index in [1.54, 1.807) is 6.20 Å².